The van der Waals surface area contributed by atoms with Gasteiger partial charge in [0.25, 0.3) is 0 Å². The molecule has 0 fully saturated rings. The van der Waals surface area contributed by atoms with Gasteiger partial charge in [-0.25, -0.2) is 0 Å². The molecule has 440 valence electrons. The first-order valence-corrected chi connectivity index (χ1v) is 33.5. The molecule has 0 aliphatic carbocycles. The lowest BCUT2D eigenvalue weighted by Crippen LogP contribution is -2.30. The molecule has 0 rings (SSSR count). The molecule has 0 aliphatic heterocycles. The predicted molar refractivity (Wildman–Crippen MR) is 326 cm³/mol. The van der Waals surface area contributed by atoms with Crippen LogP contribution in [0, 0.1) is 0 Å². The first-order valence-electron chi connectivity index (χ1n) is 33.5. The van der Waals surface area contributed by atoms with Gasteiger partial charge < -0.3 is 14.2 Å². The predicted octanol–water partition coefficient (Wildman–Crippen LogP) is 22.8. The smallest absolute Gasteiger partial charge is 0.306 e. The third-order valence-electron chi connectivity index (χ3n) is 15.2. The SMILES string of the molecule is CC/C=C\C/C=C\C/C=C\CCCCCCCC(=O)OC(COC(=O)CCCCCCCCCC)COC(=O)CCCCCCCCCCCCCCCCCCCCCCCCCCCCCCCCCCCC. The molecule has 0 aliphatic rings. The van der Waals surface area contributed by atoms with Crippen molar-refractivity contribution in [3.63, 3.8) is 0 Å². The fourth-order valence-corrected chi connectivity index (χ4v) is 10.2. The molecule has 0 heterocycles. The first kappa shape index (κ1) is 72.6. The summed E-state index contributed by atoms with van der Waals surface area (Å²) in [4.78, 5) is 38.1. The summed E-state index contributed by atoms with van der Waals surface area (Å²) in [5.41, 5.74) is 0. The van der Waals surface area contributed by atoms with E-state index in [4.69, 9.17) is 14.2 Å². The Bertz CT molecular complexity index is 1250. The number of hydrogen-bond acceptors (Lipinski definition) is 6. The minimum absolute atomic E-state index is 0.0749. The standard InChI is InChI=1S/C69H128O6/c1-4-7-10-13-16-19-21-23-25-26-27-28-29-30-31-32-33-34-35-36-37-38-39-40-41-42-43-45-46-48-50-53-56-59-62-68(71)74-65-66(64-73-67(70)61-58-55-52-18-15-12-9-6-3)75-69(72)63-60-57-54-51-49-47-44-24-22-20-17-14-11-8-5-2/h8,11,17,20,24,44,66H,4-7,9-10,12-16,18-19,21-23,25-43,45-65H2,1-3H3/b11-8-,20-17-,44-24-. The molecule has 0 aromatic rings. The monoisotopic (exact) mass is 1050 g/mol. The van der Waals surface area contributed by atoms with Crippen LogP contribution >= 0.6 is 0 Å². The number of unbranched alkanes of at least 4 members (excludes halogenated alkanes) is 45. The van der Waals surface area contributed by atoms with Crippen molar-refractivity contribution < 1.29 is 28.6 Å². The van der Waals surface area contributed by atoms with Crippen LogP contribution in [0.2, 0.25) is 0 Å². The van der Waals surface area contributed by atoms with Crippen LogP contribution in [-0.4, -0.2) is 37.2 Å². The fourth-order valence-electron chi connectivity index (χ4n) is 10.2. The van der Waals surface area contributed by atoms with Gasteiger partial charge in [0, 0.05) is 19.3 Å². The molecule has 0 spiro atoms. The second kappa shape index (κ2) is 64.2. The van der Waals surface area contributed by atoms with Gasteiger partial charge in [0.15, 0.2) is 6.10 Å². The molecule has 6 nitrogen and oxygen atoms in total. The molecule has 0 aromatic heterocycles. The van der Waals surface area contributed by atoms with Crippen LogP contribution in [0.4, 0.5) is 0 Å². The number of carbonyl (C=O) groups is 3. The molecule has 0 saturated heterocycles. The van der Waals surface area contributed by atoms with Gasteiger partial charge in [0.2, 0.25) is 0 Å². The number of rotatable bonds is 62. The van der Waals surface area contributed by atoms with E-state index in [0.29, 0.717) is 19.3 Å². The lowest BCUT2D eigenvalue weighted by Gasteiger charge is -2.18. The van der Waals surface area contributed by atoms with E-state index in [2.05, 4.69) is 57.2 Å². The van der Waals surface area contributed by atoms with Gasteiger partial charge in [-0.05, 0) is 51.4 Å². The summed E-state index contributed by atoms with van der Waals surface area (Å²) in [5, 5.41) is 0. The molecule has 0 aromatic carbocycles. The molecule has 0 amide bonds. The maximum absolute atomic E-state index is 12.8. The molecule has 1 unspecified atom stereocenters. The zero-order valence-corrected chi connectivity index (χ0v) is 50.6. The maximum atomic E-state index is 12.8. The van der Waals surface area contributed by atoms with Gasteiger partial charge >= 0.3 is 17.9 Å². The minimum Gasteiger partial charge on any atom is -0.462 e. The van der Waals surface area contributed by atoms with Crippen LogP contribution in [0.15, 0.2) is 36.5 Å². The Morgan fingerprint density at radius 2 is 0.520 bits per heavy atom. The Hall–Kier alpha value is -2.37. The Morgan fingerprint density at radius 3 is 0.813 bits per heavy atom. The molecule has 75 heavy (non-hydrogen) atoms. The highest BCUT2D eigenvalue weighted by Crippen LogP contribution is 2.19. The summed E-state index contributed by atoms with van der Waals surface area (Å²) < 4.78 is 16.8. The van der Waals surface area contributed by atoms with E-state index in [-0.39, 0.29) is 31.1 Å². The lowest BCUT2D eigenvalue weighted by atomic mass is 10.0. The summed E-state index contributed by atoms with van der Waals surface area (Å²) in [6, 6.07) is 0. The summed E-state index contributed by atoms with van der Waals surface area (Å²) in [6.45, 7) is 6.54. The number of esters is 3. The van der Waals surface area contributed by atoms with Crippen LogP contribution in [-0.2, 0) is 28.6 Å². The van der Waals surface area contributed by atoms with Crippen molar-refractivity contribution in [2.24, 2.45) is 0 Å². The van der Waals surface area contributed by atoms with Crippen molar-refractivity contribution in [1.29, 1.82) is 0 Å². The van der Waals surface area contributed by atoms with E-state index >= 15 is 0 Å². The van der Waals surface area contributed by atoms with Crippen molar-refractivity contribution in [2.45, 2.75) is 374 Å². The van der Waals surface area contributed by atoms with Crippen LogP contribution in [0.1, 0.15) is 367 Å². The Kier molecular flexibility index (Phi) is 62.1. The van der Waals surface area contributed by atoms with Crippen molar-refractivity contribution in [3.05, 3.63) is 36.5 Å². The van der Waals surface area contributed by atoms with Crippen molar-refractivity contribution in [2.75, 3.05) is 13.2 Å². The van der Waals surface area contributed by atoms with E-state index in [1.165, 1.54) is 231 Å². The molecule has 0 radical (unpaired) electrons. The number of hydrogen-bond donors (Lipinski definition) is 0. The maximum Gasteiger partial charge on any atom is 0.306 e. The minimum atomic E-state index is -0.776. The van der Waals surface area contributed by atoms with Gasteiger partial charge in [-0.15, -0.1) is 0 Å². The highest BCUT2D eigenvalue weighted by Gasteiger charge is 2.19. The second-order valence-electron chi connectivity index (χ2n) is 22.7. The van der Waals surface area contributed by atoms with E-state index in [1.807, 2.05) is 0 Å². The van der Waals surface area contributed by atoms with Gasteiger partial charge in [0.05, 0.1) is 0 Å². The van der Waals surface area contributed by atoms with E-state index < -0.39 is 6.10 Å². The van der Waals surface area contributed by atoms with E-state index in [9.17, 15) is 14.4 Å². The van der Waals surface area contributed by atoms with E-state index in [1.54, 1.807) is 0 Å². The number of allylic oxidation sites excluding steroid dienone is 6. The highest BCUT2D eigenvalue weighted by molar-refractivity contribution is 5.71. The quantitative estimate of drug-likeness (QED) is 0.0261. The summed E-state index contributed by atoms with van der Waals surface area (Å²) in [5.74, 6) is -0.877. The average Bonchev–Trinajstić information content (AvgIpc) is 3.41. The van der Waals surface area contributed by atoms with Crippen molar-refractivity contribution in [3.8, 4) is 0 Å². The third kappa shape index (κ3) is 62.4. The van der Waals surface area contributed by atoms with Crippen LogP contribution in [0.5, 0.6) is 0 Å². The Balaban J connectivity index is 3.94. The molecule has 0 saturated carbocycles. The summed E-state index contributed by atoms with van der Waals surface area (Å²) in [7, 11) is 0. The molecule has 0 bridgehead atoms. The van der Waals surface area contributed by atoms with Crippen molar-refractivity contribution >= 4 is 17.9 Å². The summed E-state index contributed by atoms with van der Waals surface area (Å²) >= 11 is 0. The molecule has 6 heteroatoms. The van der Waals surface area contributed by atoms with Gasteiger partial charge in [0.1, 0.15) is 13.2 Å². The van der Waals surface area contributed by atoms with Gasteiger partial charge in [-0.3, -0.25) is 14.4 Å². The van der Waals surface area contributed by atoms with Crippen LogP contribution in [0.25, 0.3) is 0 Å². The number of ether oxygens (including phenoxy) is 3. The van der Waals surface area contributed by atoms with Gasteiger partial charge in [-0.2, -0.15) is 0 Å². The largest absolute Gasteiger partial charge is 0.462 e. The molecular weight excluding hydrogens is 925 g/mol. The molecule has 1 atom stereocenters. The van der Waals surface area contributed by atoms with Crippen molar-refractivity contribution in [1.82, 2.24) is 0 Å². The first-order chi connectivity index (χ1) is 37.0. The van der Waals surface area contributed by atoms with Crippen LogP contribution < -0.4 is 0 Å². The zero-order chi connectivity index (χ0) is 54.3. The molecule has 0 N–H and O–H groups in total. The average molecular weight is 1050 g/mol. The topological polar surface area (TPSA) is 78.9 Å². The summed E-state index contributed by atoms with van der Waals surface area (Å²) in [6.07, 6.45) is 79.3. The molecular formula is C69H128O6. The zero-order valence-electron chi connectivity index (χ0n) is 50.6. The second-order valence-corrected chi connectivity index (χ2v) is 22.7. The van der Waals surface area contributed by atoms with Crippen LogP contribution in [0.3, 0.4) is 0 Å². The third-order valence-corrected chi connectivity index (χ3v) is 15.2. The fraction of sp³-hybridized carbons (Fsp3) is 0.870. The Labute approximate surface area is 467 Å². The highest BCUT2D eigenvalue weighted by atomic mass is 16.6. The normalized spacial score (nSPS) is 12.2. The van der Waals surface area contributed by atoms with Gasteiger partial charge in [-0.1, -0.05) is 333 Å². The van der Waals surface area contributed by atoms with E-state index in [0.717, 1.165) is 96.3 Å². The lowest BCUT2D eigenvalue weighted by molar-refractivity contribution is -0.167. The number of carbonyl (C=O) groups excluding carboxylic acids is 3. The Morgan fingerprint density at radius 1 is 0.280 bits per heavy atom.